The van der Waals surface area contributed by atoms with Gasteiger partial charge in [-0.2, -0.15) is 0 Å². The topological polar surface area (TPSA) is 3.24 Å². The number of hydrogen-bond acceptors (Lipinski definition) is 1. The fourth-order valence-electron chi connectivity index (χ4n) is 0. The molecule has 0 unspecified atom stereocenters. The highest BCUT2D eigenvalue weighted by atomic mass is 15.3. The van der Waals surface area contributed by atoms with Crippen LogP contribution in [0.15, 0.2) is 0 Å². The van der Waals surface area contributed by atoms with E-state index >= 15 is 0 Å². The molecule has 0 radical (unpaired) electrons. The van der Waals surface area contributed by atoms with Gasteiger partial charge in [-0.05, 0) is 41.8 Å². The standard InChI is InChI=1S/C6H16N.C5H13N.CH4/c1-6(2)7(3,4)5;1-5(2)6(3)4;/h6H,1-5H3;5H,1-4H3;1H4/q+1;;. The van der Waals surface area contributed by atoms with Crippen molar-refractivity contribution in [2.75, 3.05) is 35.2 Å². The van der Waals surface area contributed by atoms with Crippen molar-refractivity contribution in [1.82, 2.24) is 4.90 Å². The highest BCUT2D eigenvalue weighted by Gasteiger charge is 2.10. The summed E-state index contributed by atoms with van der Waals surface area (Å²) in [6.45, 7) is 8.78. The molecule has 0 bridgehead atoms. The van der Waals surface area contributed by atoms with E-state index in [2.05, 4.69) is 67.8 Å². The SMILES string of the molecule is C.CC(C)N(C)C.CC(C)[N+](C)(C)C. The maximum atomic E-state index is 2.22. The number of hydrogen-bond donors (Lipinski definition) is 0. The zero-order valence-corrected chi connectivity index (χ0v) is 11.0. The van der Waals surface area contributed by atoms with E-state index in [1.54, 1.807) is 0 Å². The molecule has 14 heavy (non-hydrogen) atoms. The molecule has 0 N–H and O–H groups in total. The first kappa shape index (κ1) is 19.5. The Bertz CT molecular complexity index is 104. The van der Waals surface area contributed by atoms with Gasteiger partial charge in [0.2, 0.25) is 0 Å². The normalized spacial score (nSPS) is 11.1. The monoisotopic (exact) mass is 205 g/mol. The molecule has 0 saturated carbocycles. The molecule has 0 aliphatic rings. The molecule has 0 aliphatic heterocycles. The van der Waals surface area contributed by atoms with E-state index in [1.807, 2.05) is 0 Å². The third-order valence-corrected chi connectivity index (χ3v) is 2.58. The Labute approximate surface area is 92.5 Å². The van der Waals surface area contributed by atoms with E-state index in [4.69, 9.17) is 0 Å². The maximum Gasteiger partial charge on any atom is 0.0827 e. The molecule has 0 aromatic carbocycles. The molecule has 0 spiro atoms. The highest BCUT2D eigenvalue weighted by Crippen LogP contribution is 1.97. The van der Waals surface area contributed by atoms with Gasteiger partial charge in [0.15, 0.2) is 0 Å². The maximum absolute atomic E-state index is 2.22. The molecule has 2 heteroatoms. The lowest BCUT2D eigenvalue weighted by Gasteiger charge is -2.28. The van der Waals surface area contributed by atoms with E-state index in [0.717, 1.165) is 10.5 Å². The van der Waals surface area contributed by atoms with Crippen molar-refractivity contribution in [3.05, 3.63) is 0 Å². The Morgan fingerprint density at radius 2 is 1.00 bits per heavy atom. The third-order valence-electron chi connectivity index (χ3n) is 2.58. The predicted molar refractivity (Wildman–Crippen MR) is 68.7 cm³/mol. The van der Waals surface area contributed by atoms with Crippen LogP contribution in [-0.4, -0.2) is 56.7 Å². The van der Waals surface area contributed by atoms with Crippen molar-refractivity contribution in [2.45, 2.75) is 47.2 Å². The molecular weight excluding hydrogens is 172 g/mol. The molecular formula is C12H33N2+. The summed E-state index contributed by atoms with van der Waals surface area (Å²) in [7, 11) is 10.7. The van der Waals surface area contributed by atoms with Crippen molar-refractivity contribution in [3.63, 3.8) is 0 Å². The minimum atomic E-state index is 0. The summed E-state index contributed by atoms with van der Waals surface area (Å²) < 4.78 is 1.06. The summed E-state index contributed by atoms with van der Waals surface area (Å²) in [6.07, 6.45) is 0. The van der Waals surface area contributed by atoms with Crippen molar-refractivity contribution in [1.29, 1.82) is 0 Å². The second-order valence-corrected chi connectivity index (χ2v) is 5.27. The number of nitrogens with zero attached hydrogens (tertiary/aromatic N) is 2. The Balaban J connectivity index is -0.000000163. The Hall–Kier alpha value is -0.0800. The fraction of sp³-hybridized carbons (Fsp3) is 1.00. The van der Waals surface area contributed by atoms with E-state index in [-0.39, 0.29) is 7.43 Å². The Morgan fingerprint density at radius 3 is 1.00 bits per heavy atom. The first-order chi connectivity index (χ1) is 5.59. The van der Waals surface area contributed by atoms with Crippen molar-refractivity contribution >= 4 is 0 Å². The lowest BCUT2D eigenvalue weighted by molar-refractivity contribution is -0.891. The van der Waals surface area contributed by atoms with Crippen LogP contribution in [0.4, 0.5) is 0 Å². The van der Waals surface area contributed by atoms with Crippen molar-refractivity contribution in [3.8, 4) is 0 Å². The number of rotatable bonds is 2. The van der Waals surface area contributed by atoms with Gasteiger partial charge >= 0.3 is 0 Å². The molecule has 0 atom stereocenters. The summed E-state index contributed by atoms with van der Waals surface area (Å²) >= 11 is 0. The minimum Gasteiger partial charge on any atom is -0.329 e. The van der Waals surface area contributed by atoms with E-state index < -0.39 is 0 Å². The van der Waals surface area contributed by atoms with Crippen molar-refractivity contribution in [2.24, 2.45) is 0 Å². The van der Waals surface area contributed by atoms with Gasteiger partial charge in [-0.3, -0.25) is 0 Å². The van der Waals surface area contributed by atoms with Crippen LogP contribution in [0.25, 0.3) is 0 Å². The molecule has 0 aliphatic carbocycles. The van der Waals surface area contributed by atoms with Gasteiger partial charge < -0.3 is 9.38 Å². The molecule has 2 nitrogen and oxygen atoms in total. The van der Waals surface area contributed by atoms with Crippen LogP contribution in [0.2, 0.25) is 0 Å². The second-order valence-electron chi connectivity index (χ2n) is 5.27. The first-order valence-corrected chi connectivity index (χ1v) is 5.06. The van der Waals surface area contributed by atoms with Crippen LogP contribution in [0, 0.1) is 0 Å². The summed E-state index contributed by atoms with van der Waals surface area (Å²) in [5.41, 5.74) is 0. The average molecular weight is 205 g/mol. The lowest BCUT2D eigenvalue weighted by Crippen LogP contribution is -2.41. The van der Waals surface area contributed by atoms with Gasteiger partial charge in [0, 0.05) is 6.04 Å². The largest absolute Gasteiger partial charge is 0.329 e. The summed E-state index contributed by atoms with van der Waals surface area (Å²) in [6, 6.07) is 1.42. The molecule has 0 heterocycles. The molecule has 0 fully saturated rings. The third kappa shape index (κ3) is 14.4. The van der Waals surface area contributed by atoms with Gasteiger partial charge in [0.1, 0.15) is 0 Å². The first-order valence-electron chi connectivity index (χ1n) is 5.06. The van der Waals surface area contributed by atoms with E-state index in [1.165, 1.54) is 0 Å². The zero-order valence-electron chi connectivity index (χ0n) is 11.0. The smallest absolute Gasteiger partial charge is 0.0827 e. The predicted octanol–water partition coefficient (Wildman–Crippen LogP) is 2.69. The van der Waals surface area contributed by atoms with Gasteiger partial charge in [-0.1, -0.05) is 7.43 Å². The molecule has 0 aromatic heterocycles. The average Bonchev–Trinajstić information content (AvgIpc) is 1.86. The Kier molecular flexibility index (Phi) is 11.5. The summed E-state index contributed by atoms with van der Waals surface area (Å²) in [5.74, 6) is 0. The van der Waals surface area contributed by atoms with E-state index in [9.17, 15) is 0 Å². The summed E-state index contributed by atoms with van der Waals surface area (Å²) in [4.78, 5) is 2.17. The van der Waals surface area contributed by atoms with Crippen LogP contribution in [-0.2, 0) is 0 Å². The van der Waals surface area contributed by atoms with E-state index in [0.29, 0.717) is 6.04 Å². The molecule has 0 rings (SSSR count). The second kappa shape index (κ2) is 8.25. The fourth-order valence-corrected chi connectivity index (χ4v) is 0. The molecule has 0 amide bonds. The Morgan fingerprint density at radius 1 is 0.857 bits per heavy atom. The minimum absolute atomic E-state index is 0. The molecule has 0 saturated heterocycles. The van der Waals surface area contributed by atoms with Gasteiger partial charge in [-0.15, -0.1) is 0 Å². The molecule has 90 valence electrons. The molecule has 0 aromatic rings. The van der Waals surface area contributed by atoms with Gasteiger partial charge in [0.25, 0.3) is 0 Å². The van der Waals surface area contributed by atoms with Crippen LogP contribution >= 0.6 is 0 Å². The lowest BCUT2D eigenvalue weighted by atomic mass is 10.3. The zero-order chi connectivity index (χ0) is 11.2. The van der Waals surface area contributed by atoms with Crippen molar-refractivity contribution < 1.29 is 4.48 Å². The van der Waals surface area contributed by atoms with Crippen LogP contribution in [0.5, 0.6) is 0 Å². The van der Waals surface area contributed by atoms with Crippen LogP contribution in [0.1, 0.15) is 35.1 Å². The summed E-state index contributed by atoms with van der Waals surface area (Å²) in [5, 5.41) is 0. The van der Waals surface area contributed by atoms with Crippen LogP contribution < -0.4 is 0 Å². The number of quaternary nitrogens is 1. The van der Waals surface area contributed by atoms with Gasteiger partial charge in [-0.25, -0.2) is 0 Å². The van der Waals surface area contributed by atoms with Crippen LogP contribution in [0.3, 0.4) is 0 Å². The highest BCUT2D eigenvalue weighted by molar-refractivity contribution is 4.46. The quantitative estimate of drug-likeness (QED) is 0.627. The van der Waals surface area contributed by atoms with Gasteiger partial charge in [0.05, 0.1) is 27.2 Å².